The summed E-state index contributed by atoms with van der Waals surface area (Å²) in [5.41, 5.74) is 0.204. The zero-order valence-electron chi connectivity index (χ0n) is 28.6. The molecule has 13 nitrogen and oxygen atoms in total. The molecule has 256 valence electrons. The Labute approximate surface area is 271 Å². The lowest BCUT2D eigenvalue weighted by molar-refractivity contribution is -0.170. The first-order valence-electron chi connectivity index (χ1n) is 16.0. The van der Waals surface area contributed by atoms with E-state index in [4.69, 9.17) is 18.9 Å². The molecule has 0 radical (unpaired) electrons. The Morgan fingerprint density at radius 2 is 1.83 bits per heavy atom. The van der Waals surface area contributed by atoms with Crippen molar-refractivity contribution in [1.29, 1.82) is 0 Å². The summed E-state index contributed by atoms with van der Waals surface area (Å²) in [5, 5.41) is 2.81. The molecule has 1 saturated heterocycles. The van der Waals surface area contributed by atoms with Crippen molar-refractivity contribution < 1.29 is 42.9 Å². The van der Waals surface area contributed by atoms with Crippen molar-refractivity contribution in [1.82, 2.24) is 15.1 Å². The molecule has 1 N–H and O–H groups in total. The van der Waals surface area contributed by atoms with E-state index in [9.17, 15) is 24.0 Å². The zero-order valence-corrected chi connectivity index (χ0v) is 28.6. The number of esters is 1. The van der Waals surface area contributed by atoms with Crippen LogP contribution in [0.3, 0.4) is 0 Å². The first-order chi connectivity index (χ1) is 21.6. The fraction of sp³-hybridized carbons (Fsp3) is 0.667. The summed E-state index contributed by atoms with van der Waals surface area (Å²) in [5.74, 6) is -1.11. The van der Waals surface area contributed by atoms with Gasteiger partial charge in [0.05, 0.1) is 24.3 Å². The molecule has 0 spiro atoms. The van der Waals surface area contributed by atoms with Crippen molar-refractivity contribution in [2.75, 3.05) is 44.8 Å². The number of piperidine rings is 1. The molecule has 2 unspecified atom stereocenters. The van der Waals surface area contributed by atoms with E-state index >= 15 is 0 Å². The van der Waals surface area contributed by atoms with Gasteiger partial charge in [-0.15, -0.1) is 0 Å². The molecule has 2 aliphatic heterocycles. The van der Waals surface area contributed by atoms with Crippen LogP contribution in [0, 0.1) is 12.8 Å². The molecule has 0 saturated carbocycles. The molecule has 1 aromatic rings. The summed E-state index contributed by atoms with van der Waals surface area (Å²) in [6.45, 7) is 15.1. The van der Waals surface area contributed by atoms with Crippen molar-refractivity contribution in [2.24, 2.45) is 5.92 Å². The van der Waals surface area contributed by atoms with Crippen LogP contribution >= 0.6 is 0 Å². The third-order valence-corrected chi connectivity index (χ3v) is 8.12. The minimum atomic E-state index is -1.29. The largest absolute Gasteiger partial charge is 0.473 e. The number of ether oxygens (including phenoxy) is 4. The number of carbonyl (C=O) groups is 5. The van der Waals surface area contributed by atoms with Gasteiger partial charge >= 0.3 is 12.1 Å². The molecule has 0 aliphatic carbocycles. The Kier molecular flexibility index (Phi) is 12.4. The second-order valence-electron chi connectivity index (χ2n) is 12.7. The van der Waals surface area contributed by atoms with Gasteiger partial charge in [0.15, 0.2) is 0 Å². The first kappa shape index (κ1) is 36.6. The Balaban J connectivity index is 1.88. The molecular formula is C33H50N4O9. The number of methoxy groups -OCH3 is 1. The molecule has 46 heavy (non-hydrogen) atoms. The molecule has 3 rings (SSSR count). The van der Waals surface area contributed by atoms with Crippen molar-refractivity contribution >= 4 is 35.5 Å². The van der Waals surface area contributed by atoms with Gasteiger partial charge < -0.3 is 39.0 Å². The predicted octanol–water partition coefficient (Wildman–Crippen LogP) is 3.65. The van der Waals surface area contributed by atoms with Crippen molar-refractivity contribution in [2.45, 2.75) is 98.6 Å². The zero-order chi connectivity index (χ0) is 34.3. The summed E-state index contributed by atoms with van der Waals surface area (Å²) >= 11 is 0. The van der Waals surface area contributed by atoms with E-state index in [2.05, 4.69) is 5.32 Å². The molecule has 1 aromatic carbocycles. The topological polar surface area (TPSA) is 144 Å². The minimum Gasteiger partial charge on any atom is -0.473 e. The molecule has 0 aromatic heterocycles. The number of rotatable bonds is 12. The van der Waals surface area contributed by atoms with Crippen molar-refractivity contribution in [3.63, 3.8) is 0 Å². The number of fused-ring (bicyclic) bond motifs is 1. The highest BCUT2D eigenvalue weighted by molar-refractivity contribution is 6.05. The Hall–Kier alpha value is -3.87. The van der Waals surface area contributed by atoms with E-state index in [1.807, 2.05) is 20.8 Å². The van der Waals surface area contributed by atoms with Crippen LogP contribution in [0.1, 0.15) is 83.7 Å². The van der Waals surface area contributed by atoms with Crippen LogP contribution in [-0.4, -0.2) is 103 Å². The van der Waals surface area contributed by atoms with Crippen LogP contribution in [0.4, 0.5) is 10.5 Å². The molecule has 1 fully saturated rings. The first-order valence-corrected chi connectivity index (χ1v) is 16.0. The molecule has 4 amide bonds. The van der Waals surface area contributed by atoms with Gasteiger partial charge in [0.1, 0.15) is 5.75 Å². The second kappa shape index (κ2) is 15.6. The fourth-order valence-corrected chi connectivity index (χ4v) is 5.74. The number of likely N-dealkylation sites (tertiary alicyclic amines) is 1. The SMILES string of the molecule is CCC(=O)NCCN1C(=O)C(C)(COC)Oc2cc(C)c(C(=O)N(C(C)C)[C@@H]3CCCN(C(=O)OC(C)OC(=O)C(C)C)C3)cc21. The van der Waals surface area contributed by atoms with Crippen LogP contribution in [0.2, 0.25) is 0 Å². The summed E-state index contributed by atoms with van der Waals surface area (Å²) in [6.07, 6.45) is -0.0144. The highest BCUT2D eigenvalue weighted by Crippen LogP contribution is 2.40. The molecule has 2 heterocycles. The van der Waals surface area contributed by atoms with E-state index in [-0.39, 0.29) is 62.0 Å². The Morgan fingerprint density at radius 1 is 1.13 bits per heavy atom. The van der Waals surface area contributed by atoms with Crippen molar-refractivity contribution in [3.8, 4) is 5.75 Å². The Bertz CT molecular complexity index is 1300. The van der Waals surface area contributed by atoms with Gasteiger partial charge in [0.25, 0.3) is 11.8 Å². The van der Waals surface area contributed by atoms with E-state index in [0.29, 0.717) is 48.4 Å². The number of hydrogen-bond donors (Lipinski definition) is 1. The van der Waals surface area contributed by atoms with Crippen LogP contribution in [0.25, 0.3) is 0 Å². The maximum Gasteiger partial charge on any atom is 0.412 e. The molecule has 13 heteroatoms. The van der Waals surface area contributed by atoms with E-state index in [1.54, 1.807) is 44.7 Å². The van der Waals surface area contributed by atoms with Gasteiger partial charge in [0, 0.05) is 58.2 Å². The van der Waals surface area contributed by atoms with Crippen LogP contribution in [-0.2, 0) is 28.6 Å². The molecule has 3 atom stereocenters. The van der Waals surface area contributed by atoms with Crippen LogP contribution in [0.5, 0.6) is 5.75 Å². The second-order valence-corrected chi connectivity index (χ2v) is 12.7. The number of aryl methyl sites for hydroxylation is 1. The van der Waals surface area contributed by atoms with Gasteiger partial charge in [-0.05, 0) is 58.2 Å². The highest BCUT2D eigenvalue weighted by atomic mass is 16.7. The smallest absolute Gasteiger partial charge is 0.412 e. The lowest BCUT2D eigenvalue weighted by Crippen LogP contribution is -2.58. The van der Waals surface area contributed by atoms with Gasteiger partial charge in [-0.2, -0.15) is 0 Å². The number of hydrogen-bond acceptors (Lipinski definition) is 9. The van der Waals surface area contributed by atoms with Gasteiger partial charge in [-0.25, -0.2) is 4.79 Å². The van der Waals surface area contributed by atoms with Crippen LogP contribution in [0.15, 0.2) is 12.1 Å². The third-order valence-electron chi connectivity index (χ3n) is 8.12. The monoisotopic (exact) mass is 646 g/mol. The number of carbonyl (C=O) groups excluding carboxylic acids is 5. The van der Waals surface area contributed by atoms with Gasteiger partial charge in [0.2, 0.25) is 17.8 Å². The van der Waals surface area contributed by atoms with Crippen molar-refractivity contribution in [3.05, 3.63) is 23.3 Å². The number of nitrogens with one attached hydrogen (secondary N) is 1. The normalized spacial score (nSPS) is 20.2. The fourth-order valence-electron chi connectivity index (χ4n) is 5.74. The van der Waals surface area contributed by atoms with E-state index in [0.717, 1.165) is 0 Å². The summed E-state index contributed by atoms with van der Waals surface area (Å²) in [6, 6.07) is 2.91. The average Bonchev–Trinajstić information content (AvgIpc) is 2.98. The number of nitrogens with zero attached hydrogens (tertiary/aromatic N) is 3. The van der Waals surface area contributed by atoms with E-state index in [1.165, 1.54) is 23.8 Å². The lowest BCUT2D eigenvalue weighted by Gasteiger charge is -2.42. The quantitative estimate of drug-likeness (QED) is 0.266. The number of benzene rings is 1. The van der Waals surface area contributed by atoms with E-state index < -0.39 is 24.0 Å². The number of amides is 4. The van der Waals surface area contributed by atoms with Gasteiger partial charge in [-0.1, -0.05) is 20.8 Å². The third kappa shape index (κ3) is 8.48. The lowest BCUT2D eigenvalue weighted by atomic mass is 9.97. The molecule has 2 aliphatic rings. The minimum absolute atomic E-state index is 0.0174. The number of anilines is 1. The molecule has 0 bridgehead atoms. The maximum absolute atomic E-state index is 14.3. The highest BCUT2D eigenvalue weighted by Gasteiger charge is 2.45. The maximum atomic E-state index is 14.3. The Morgan fingerprint density at radius 3 is 2.43 bits per heavy atom. The predicted molar refractivity (Wildman–Crippen MR) is 171 cm³/mol. The standard InChI is InChI=1S/C33H50N4O9/c1-10-28(38)34-13-15-36-26-17-25(22(6)16-27(26)46-33(8,19-43-9)31(36)41)29(39)37(21(4)5)24-12-11-14-35(18-24)32(42)45-23(7)44-30(40)20(2)3/h16-17,20-21,23-24H,10-15,18-19H2,1-9H3,(H,34,38)/t23?,24-,33?/m1/s1. The summed E-state index contributed by atoms with van der Waals surface area (Å²) in [4.78, 5) is 69.7. The summed E-state index contributed by atoms with van der Waals surface area (Å²) < 4.78 is 22.1. The summed E-state index contributed by atoms with van der Waals surface area (Å²) in [7, 11) is 1.49. The van der Waals surface area contributed by atoms with Crippen LogP contribution < -0.4 is 15.0 Å². The van der Waals surface area contributed by atoms with Gasteiger partial charge in [-0.3, -0.25) is 19.2 Å². The molecular weight excluding hydrogens is 596 g/mol. The average molecular weight is 647 g/mol.